The van der Waals surface area contributed by atoms with Crippen LogP contribution >= 0.6 is 0 Å². The molecule has 20 heavy (non-hydrogen) atoms. The van der Waals surface area contributed by atoms with Crippen molar-refractivity contribution < 1.29 is 8.42 Å². The molecule has 1 atom stereocenters. The van der Waals surface area contributed by atoms with Crippen LogP contribution in [-0.4, -0.2) is 32.9 Å². The predicted molar refractivity (Wildman–Crippen MR) is 83.9 cm³/mol. The molecule has 1 aromatic rings. The first-order valence-corrected chi connectivity index (χ1v) is 8.57. The molecular formula is C15H26N2O2S. The SMILES string of the molecule is CNCc1ccc(CS(=O)(=O)N(C)C(C)C(C)C)cc1. The number of sulfonamides is 1. The second kappa shape index (κ2) is 7.20. The van der Waals surface area contributed by atoms with E-state index in [1.165, 1.54) is 4.31 Å². The fraction of sp³-hybridized carbons (Fsp3) is 0.600. The van der Waals surface area contributed by atoms with E-state index in [0.29, 0.717) is 5.92 Å². The van der Waals surface area contributed by atoms with Crippen molar-refractivity contribution in [1.82, 2.24) is 9.62 Å². The third-order valence-electron chi connectivity index (χ3n) is 3.73. The zero-order valence-corrected chi connectivity index (χ0v) is 13.9. The number of nitrogens with one attached hydrogen (secondary N) is 1. The van der Waals surface area contributed by atoms with Gasteiger partial charge in [-0.15, -0.1) is 0 Å². The van der Waals surface area contributed by atoms with Gasteiger partial charge in [-0.3, -0.25) is 0 Å². The van der Waals surface area contributed by atoms with Crippen molar-refractivity contribution in [1.29, 1.82) is 0 Å². The minimum absolute atomic E-state index is 0.00330. The van der Waals surface area contributed by atoms with Crippen LogP contribution < -0.4 is 5.32 Å². The fourth-order valence-corrected chi connectivity index (χ4v) is 3.51. The van der Waals surface area contributed by atoms with Gasteiger partial charge < -0.3 is 5.32 Å². The lowest BCUT2D eigenvalue weighted by molar-refractivity contribution is 0.315. The van der Waals surface area contributed by atoms with Crippen LogP contribution in [0.15, 0.2) is 24.3 Å². The van der Waals surface area contributed by atoms with Crippen LogP contribution in [0.1, 0.15) is 31.9 Å². The molecule has 0 amide bonds. The molecule has 114 valence electrons. The van der Waals surface area contributed by atoms with Crippen LogP contribution in [0.3, 0.4) is 0 Å². The average Bonchev–Trinajstić information content (AvgIpc) is 2.39. The van der Waals surface area contributed by atoms with Gasteiger partial charge in [-0.05, 0) is 31.0 Å². The van der Waals surface area contributed by atoms with E-state index in [1.54, 1.807) is 7.05 Å². The smallest absolute Gasteiger partial charge is 0.218 e. The second-order valence-corrected chi connectivity index (χ2v) is 7.63. The van der Waals surface area contributed by atoms with Gasteiger partial charge in [-0.1, -0.05) is 38.1 Å². The number of hydrogen-bond acceptors (Lipinski definition) is 3. The van der Waals surface area contributed by atoms with Crippen LogP contribution in [0, 0.1) is 5.92 Å². The lowest BCUT2D eigenvalue weighted by Crippen LogP contribution is -2.38. The molecule has 1 aromatic carbocycles. The maximum absolute atomic E-state index is 12.4. The molecular weight excluding hydrogens is 272 g/mol. The van der Waals surface area contributed by atoms with Crippen molar-refractivity contribution in [2.24, 2.45) is 5.92 Å². The minimum Gasteiger partial charge on any atom is -0.316 e. The molecule has 0 spiro atoms. The summed E-state index contributed by atoms with van der Waals surface area (Å²) in [6.45, 7) is 6.79. The van der Waals surface area contributed by atoms with Crippen LogP contribution in [0.4, 0.5) is 0 Å². The highest BCUT2D eigenvalue weighted by molar-refractivity contribution is 7.88. The van der Waals surface area contributed by atoms with E-state index in [2.05, 4.69) is 5.32 Å². The first kappa shape index (κ1) is 17.1. The monoisotopic (exact) mass is 298 g/mol. The molecule has 5 heteroatoms. The Morgan fingerprint density at radius 3 is 2.05 bits per heavy atom. The second-order valence-electron chi connectivity index (χ2n) is 5.60. The molecule has 1 N–H and O–H groups in total. The molecule has 0 bridgehead atoms. The molecule has 0 fully saturated rings. The van der Waals surface area contributed by atoms with Crippen molar-refractivity contribution in [2.75, 3.05) is 14.1 Å². The number of rotatable bonds is 7. The summed E-state index contributed by atoms with van der Waals surface area (Å²) in [5.41, 5.74) is 1.98. The summed E-state index contributed by atoms with van der Waals surface area (Å²) in [4.78, 5) is 0. The van der Waals surface area contributed by atoms with Crippen LogP contribution in [0.2, 0.25) is 0 Å². The van der Waals surface area contributed by atoms with Gasteiger partial charge in [0.05, 0.1) is 5.75 Å². The molecule has 1 rings (SSSR count). The molecule has 0 aliphatic rings. The summed E-state index contributed by atoms with van der Waals surface area (Å²) in [5, 5.41) is 3.07. The van der Waals surface area contributed by atoms with E-state index >= 15 is 0 Å². The normalized spacial score (nSPS) is 13.9. The Labute approximate surface area is 123 Å². The van der Waals surface area contributed by atoms with E-state index in [1.807, 2.05) is 52.1 Å². The summed E-state index contributed by atoms with van der Waals surface area (Å²) < 4.78 is 26.2. The Kier molecular flexibility index (Phi) is 6.17. The van der Waals surface area contributed by atoms with Gasteiger partial charge in [0, 0.05) is 19.6 Å². The van der Waals surface area contributed by atoms with Crippen molar-refractivity contribution in [2.45, 2.75) is 39.1 Å². The van der Waals surface area contributed by atoms with E-state index < -0.39 is 10.0 Å². The number of nitrogens with zero attached hydrogens (tertiary/aromatic N) is 1. The van der Waals surface area contributed by atoms with E-state index in [9.17, 15) is 8.42 Å². The molecule has 0 aliphatic heterocycles. The Morgan fingerprint density at radius 2 is 1.60 bits per heavy atom. The summed E-state index contributed by atoms with van der Waals surface area (Å²) >= 11 is 0. The predicted octanol–water partition coefficient (Wildman–Crippen LogP) is 2.21. The molecule has 0 heterocycles. The molecule has 0 saturated heterocycles. The summed E-state index contributed by atoms with van der Waals surface area (Å²) in [6, 6.07) is 7.71. The Morgan fingerprint density at radius 1 is 1.10 bits per heavy atom. The van der Waals surface area contributed by atoms with Gasteiger partial charge in [0.2, 0.25) is 10.0 Å². The van der Waals surface area contributed by atoms with E-state index in [0.717, 1.165) is 17.7 Å². The number of hydrogen-bond donors (Lipinski definition) is 1. The highest BCUT2D eigenvalue weighted by atomic mass is 32.2. The van der Waals surface area contributed by atoms with Crippen LogP contribution in [-0.2, 0) is 22.3 Å². The summed E-state index contributed by atoms with van der Waals surface area (Å²) in [6.07, 6.45) is 0. The van der Waals surface area contributed by atoms with Gasteiger partial charge in [-0.25, -0.2) is 12.7 Å². The highest BCUT2D eigenvalue weighted by Gasteiger charge is 2.25. The molecule has 0 aromatic heterocycles. The average molecular weight is 298 g/mol. The van der Waals surface area contributed by atoms with Crippen molar-refractivity contribution >= 4 is 10.0 Å². The number of benzene rings is 1. The Hall–Kier alpha value is -0.910. The van der Waals surface area contributed by atoms with Gasteiger partial charge >= 0.3 is 0 Å². The fourth-order valence-electron chi connectivity index (χ4n) is 1.94. The molecule has 0 aliphatic carbocycles. The van der Waals surface area contributed by atoms with E-state index in [-0.39, 0.29) is 11.8 Å². The standard InChI is InChI=1S/C15H26N2O2S/c1-12(2)13(3)17(5)20(18,19)11-15-8-6-14(7-9-15)10-16-4/h6-9,12-13,16H,10-11H2,1-5H3. The summed E-state index contributed by atoms with van der Waals surface area (Å²) in [5.74, 6) is 0.355. The highest BCUT2D eigenvalue weighted by Crippen LogP contribution is 2.17. The maximum atomic E-state index is 12.4. The van der Waals surface area contributed by atoms with Gasteiger partial charge in [-0.2, -0.15) is 0 Å². The molecule has 4 nitrogen and oxygen atoms in total. The molecule has 1 unspecified atom stereocenters. The quantitative estimate of drug-likeness (QED) is 0.839. The first-order chi connectivity index (χ1) is 9.27. The van der Waals surface area contributed by atoms with Gasteiger partial charge in [0.15, 0.2) is 0 Å². The topological polar surface area (TPSA) is 49.4 Å². The van der Waals surface area contributed by atoms with Crippen LogP contribution in [0.25, 0.3) is 0 Å². The molecule has 0 radical (unpaired) electrons. The van der Waals surface area contributed by atoms with Gasteiger partial charge in [0.1, 0.15) is 0 Å². The van der Waals surface area contributed by atoms with E-state index in [4.69, 9.17) is 0 Å². The zero-order valence-electron chi connectivity index (χ0n) is 13.1. The largest absolute Gasteiger partial charge is 0.316 e. The third kappa shape index (κ3) is 4.58. The minimum atomic E-state index is -3.27. The van der Waals surface area contributed by atoms with Crippen molar-refractivity contribution in [3.05, 3.63) is 35.4 Å². The maximum Gasteiger partial charge on any atom is 0.218 e. The summed E-state index contributed by atoms with van der Waals surface area (Å²) in [7, 11) is 0.287. The van der Waals surface area contributed by atoms with Crippen molar-refractivity contribution in [3.8, 4) is 0 Å². The first-order valence-electron chi connectivity index (χ1n) is 6.96. The lowest BCUT2D eigenvalue weighted by Gasteiger charge is -2.27. The lowest BCUT2D eigenvalue weighted by atomic mass is 10.1. The Bertz CT molecular complexity index is 509. The van der Waals surface area contributed by atoms with Crippen LogP contribution in [0.5, 0.6) is 0 Å². The van der Waals surface area contributed by atoms with Crippen molar-refractivity contribution in [3.63, 3.8) is 0 Å². The third-order valence-corrected chi connectivity index (χ3v) is 5.64. The van der Waals surface area contributed by atoms with Gasteiger partial charge in [0.25, 0.3) is 0 Å². The molecule has 0 saturated carbocycles. The zero-order chi connectivity index (χ0) is 15.3. The Balaban J connectivity index is 2.80.